The van der Waals surface area contributed by atoms with E-state index in [1.54, 1.807) is 0 Å². The van der Waals surface area contributed by atoms with Crippen molar-refractivity contribution in [2.45, 2.75) is 95.4 Å². The first kappa shape index (κ1) is 31.6. The Balaban J connectivity index is -0.0000000512. The molecule has 0 heteroatoms. The molecule has 0 spiro atoms. The highest BCUT2D eigenvalue weighted by atomic mass is 13.8. The van der Waals surface area contributed by atoms with Crippen LogP contribution in [0.15, 0.2) is 30.3 Å². The van der Waals surface area contributed by atoms with Gasteiger partial charge in [0.25, 0.3) is 0 Å². The molecule has 0 unspecified atom stereocenters. The minimum Gasteiger partial charge on any atom is -0.0776 e. The van der Waals surface area contributed by atoms with Gasteiger partial charge in [-0.05, 0) is 6.92 Å². The summed E-state index contributed by atoms with van der Waals surface area (Å²) in [5, 5.41) is 0. The predicted molar refractivity (Wildman–Crippen MR) is 102 cm³/mol. The van der Waals surface area contributed by atoms with Crippen LogP contribution < -0.4 is 0 Å². The third-order valence-corrected chi connectivity index (χ3v) is 1.94. The summed E-state index contributed by atoms with van der Waals surface area (Å²) in [6, 6.07) is 10.3. The number of aryl methyl sites for hydroxylation is 1. The van der Waals surface area contributed by atoms with Crippen LogP contribution >= 0.6 is 0 Å². The molecule has 0 heterocycles. The fourth-order valence-electron chi connectivity index (χ4n) is 0.534. The summed E-state index contributed by atoms with van der Waals surface area (Å²) >= 11 is 0. The molecule has 0 saturated carbocycles. The molecule has 0 aliphatic rings. The van der Waals surface area contributed by atoms with E-state index >= 15 is 0 Å². The Labute approximate surface area is 132 Å². The highest BCUT2D eigenvalue weighted by Gasteiger charge is 1.72. The van der Waals surface area contributed by atoms with Crippen molar-refractivity contribution in [3.63, 3.8) is 0 Å². The molecule has 0 aliphatic heterocycles. The van der Waals surface area contributed by atoms with Gasteiger partial charge in [-0.15, -0.1) is 0 Å². The zero-order chi connectivity index (χ0) is 15.9. The smallest absolute Gasteiger partial charge is 0.0398 e. The Morgan fingerprint density at radius 3 is 0.950 bits per heavy atom. The zero-order valence-corrected chi connectivity index (χ0v) is 15.2. The first-order valence-corrected chi connectivity index (χ1v) is 8.24. The van der Waals surface area contributed by atoms with Crippen molar-refractivity contribution in [3.05, 3.63) is 35.9 Å². The van der Waals surface area contributed by atoms with Crippen molar-refractivity contribution in [2.24, 2.45) is 0 Å². The molecule has 1 aromatic carbocycles. The van der Waals surface area contributed by atoms with Crippen molar-refractivity contribution in [1.82, 2.24) is 0 Å². The molecule has 0 saturated heterocycles. The van der Waals surface area contributed by atoms with E-state index in [4.69, 9.17) is 0 Å². The van der Waals surface area contributed by atoms with Crippen LogP contribution in [-0.4, -0.2) is 0 Å². The maximum Gasteiger partial charge on any atom is -0.0398 e. The van der Waals surface area contributed by atoms with E-state index in [2.05, 4.69) is 46.8 Å². The highest BCUT2D eigenvalue weighted by molar-refractivity contribution is 5.11. The molecule has 124 valence electrons. The highest BCUT2D eigenvalue weighted by Crippen LogP contribution is 1.92. The average molecular weight is 285 g/mol. The molecule has 20 heavy (non-hydrogen) atoms. The van der Waals surface area contributed by atoms with Crippen molar-refractivity contribution >= 4 is 0 Å². The molecule has 0 bridgehead atoms. The van der Waals surface area contributed by atoms with Gasteiger partial charge in [-0.25, -0.2) is 0 Å². The molecular weight excluding hydrogens is 240 g/mol. The monoisotopic (exact) mass is 284 g/mol. The molecule has 0 atom stereocenters. The van der Waals surface area contributed by atoms with Crippen molar-refractivity contribution in [3.8, 4) is 0 Å². The number of benzene rings is 1. The van der Waals surface area contributed by atoms with Gasteiger partial charge in [0.05, 0.1) is 0 Å². The third kappa shape index (κ3) is 53.3. The second-order valence-corrected chi connectivity index (χ2v) is 3.65. The largest absolute Gasteiger partial charge is 0.0776 e. The average Bonchev–Trinajstić information content (AvgIpc) is 2.52. The van der Waals surface area contributed by atoms with Gasteiger partial charge in [-0.2, -0.15) is 0 Å². The Bertz CT molecular complexity index is 168. The molecular formula is C20H44. The summed E-state index contributed by atoms with van der Waals surface area (Å²) in [5.74, 6) is 0. The van der Waals surface area contributed by atoms with E-state index in [-0.39, 0.29) is 7.43 Å². The Morgan fingerprint density at radius 2 is 0.850 bits per heavy atom. The summed E-state index contributed by atoms with van der Waals surface area (Å²) < 4.78 is 0. The van der Waals surface area contributed by atoms with E-state index in [1.165, 1.54) is 31.2 Å². The summed E-state index contributed by atoms with van der Waals surface area (Å²) in [6.07, 6.45) is 5.28. The quantitative estimate of drug-likeness (QED) is 0.512. The summed E-state index contributed by atoms with van der Waals surface area (Å²) in [4.78, 5) is 0. The van der Waals surface area contributed by atoms with Crippen LogP contribution in [0.4, 0.5) is 0 Å². The van der Waals surface area contributed by atoms with Gasteiger partial charge in [0.2, 0.25) is 0 Å². The number of rotatable bonds is 2. The number of hydrogen-bond donors (Lipinski definition) is 0. The van der Waals surface area contributed by atoms with Crippen LogP contribution in [0.3, 0.4) is 0 Å². The molecule has 0 nitrogen and oxygen atoms in total. The SMILES string of the molecule is C.CC.CC.CCCC.CCCC.Cc1ccccc1. The first-order valence-electron chi connectivity index (χ1n) is 8.24. The van der Waals surface area contributed by atoms with Gasteiger partial charge in [-0.3, -0.25) is 0 Å². The van der Waals surface area contributed by atoms with Crippen LogP contribution in [0.2, 0.25) is 0 Å². The minimum atomic E-state index is 0. The van der Waals surface area contributed by atoms with Crippen LogP contribution in [0, 0.1) is 6.92 Å². The molecule has 1 aromatic rings. The first-order chi connectivity index (χ1) is 9.22. The molecule has 0 radical (unpaired) electrons. The van der Waals surface area contributed by atoms with Crippen LogP contribution in [0.25, 0.3) is 0 Å². The van der Waals surface area contributed by atoms with E-state index in [0.717, 1.165) is 0 Å². The van der Waals surface area contributed by atoms with Crippen molar-refractivity contribution in [2.75, 3.05) is 0 Å². The van der Waals surface area contributed by atoms with E-state index < -0.39 is 0 Å². The lowest BCUT2D eigenvalue weighted by atomic mass is 10.2. The molecule has 0 amide bonds. The van der Waals surface area contributed by atoms with Crippen molar-refractivity contribution in [1.29, 1.82) is 0 Å². The van der Waals surface area contributed by atoms with Crippen LogP contribution in [-0.2, 0) is 0 Å². The lowest BCUT2D eigenvalue weighted by molar-refractivity contribution is 0.886. The second-order valence-electron chi connectivity index (χ2n) is 3.65. The number of unbranched alkanes of at least 4 members (excludes halogenated alkanes) is 2. The second kappa shape index (κ2) is 42.9. The molecule has 0 aromatic heterocycles. The number of hydrogen-bond acceptors (Lipinski definition) is 0. The maximum atomic E-state index is 2.18. The molecule has 0 fully saturated rings. The Kier molecular flexibility index (Phi) is 67.7. The predicted octanol–water partition coefficient (Wildman–Crippen LogP) is 8.30. The topological polar surface area (TPSA) is 0 Å². The molecule has 0 aliphatic carbocycles. The molecule has 0 N–H and O–H groups in total. The van der Waals surface area contributed by atoms with E-state index in [0.29, 0.717) is 0 Å². The lowest BCUT2D eigenvalue weighted by Crippen LogP contribution is -1.62. The summed E-state index contributed by atoms with van der Waals surface area (Å²) in [7, 11) is 0. The lowest BCUT2D eigenvalue weighted by Gasteiger charge is -1.82. The third-order valence-electron chi connectivity index (χ3n) is 1.94. The summed E-state index contributed by atoms with van der Waals surface area (Å²) in [5.41, 5.74) is 1.32. The van der Waals surface area contributed by atoms with Gasteiger partial charge in [0.15, 0.2) is 0 Å². The van der Waals surface area contributed by atoms with Gasteiger partial charge >= 0.3 is 0 Å². The minimum absolute atomic E-state index is 0. The summed E-state index contributed by atoms with van der Waals surface area (Å²) in [6.45, 7) is 18.8. The van der Waals surface area contributed by atoms with E-state index in [1.807, 2.05) is 45.9 Å². The van der Waals surface area contributed by atoms with Gasteiger partial charge in [0, 0.05) is 0 Å². The Morgan fingerprint density at radius 1 is 0.600 bits per heavy atom. The van der Waals surface area contributed by atoms with E-state index in [9.17, 15) is 0 Å². The van der Waals surface area contributed by atoms with Crippen LogP contribution in [0.5, 0.6) is 0 Å². The van der Waals surface area contributed by atoms with Crippen LogP contribution in [0.1, 0.15) is 94.1 Å². The maximum absolute atomic E-state index is 2.18. The van der Waals surface area contributed by atoms with Crippen molar-refractivity contribution < 1.29 is 0 Å². The van der Waals surface area contributed by atoms with Gasteiger partial charge < -0.3 is 0 Å². The fourth-order valence-corrected chi connectivity index (χ4v) is 0.534. The van der Waals surface area contributed by atoms with Gasteiger partial charge in [-0.1, -0.05) is 124 Å². The normalized spacial score (nSPS) is 6.65. The molecule has 1 rings (SSSR count). The Hall–Kier alpha value is -0.780. The zero-order valence-electron chi connectivity index (χ0n) is 15.2. The van der Waals surface area contributed by atoms with Gasteiger partial charge in [0.1, 0.15) is 0 Å². The standard InChI is InChI=1S/C7H8.2C4H10.2C2H6.CH4/c1-7-5-3-2-4-6-7;2*1-3-4-2;2*1-2;/h2-6H,1H3;2*3-4H2,1-2H3;2*1-2H3;1H4. The fraction of sp³-hybridized carbons (Fsp3) is 0.700.